The van der Waals surface area contributed by atoms with Crippen molar-refractivity contribution in [1.29, 1.82) is 0 Å². The van der Waals surface area contributed by atoms with Gasteiger partial charge in [-0.05, 0) is 53.0 Å². The van der Waals surface area contributed by atoms with Crippen molar-refractivity contribution >= 4 is 0 Å². The second-order valence-electron chi connectivity index (χ2n) is 6.76. The summed E-state index contributed by atoms with van der Waals surface area (Å²) in [6.07, 6.45) is 2.24. The molecule has 2 heteroatoms. The predicted octanol–water partition coefficient (Wildman–Crippen LogP) is 3.80. The molecule has 1 N–H and O–H groups in total. The van der Waals surface area contributed by atoms with E-state index in [9.17, 15) is 0 Å². The number of aryl methyl sites for hydroxylation is 1. The first-order chi connectivity index (χ1) is 8.79. The number of nitrogens with one attached hydrogen (secondary N) is 1. The van der Waals surface area contributed by atoms with Crippen LogP contribution >= 0.6 is 0 Å². The zero-order chi connectivity index (χ0) is 14.4. The Labute approximate surface area is 118 Å². The van der Waals surface area contributed by atoms with Crippen LogP contribution in [0.2, 0.25) is 0 Å². The molecule has 0 spiro atoms. The summed E-state index contributed by atoms with van der Waals surface area (Å²) in [6, 6.07) is 10.7. The lowest BCUT2D eigenvalue weighted by molar-refractivity contribution is -0.00296. The van der Waals surface area contributed by atoms with Crippen LogP contribution in [-0.4, -0.2) is 24.3 Å². The Balaban J connectivity index is 2.24. The quantitative estimate of drug-likeness (QED) is 0.755. The molecule has 1 aromatic carbocycles. The molecule has 0 bridgehead atoms. The standard InChI is InChI=1S/C17H29NO/c1-16(2,3)19-14-13-18-17(4,5)12-11-15-9-7-6-8-10-15/h6-10,18H,11-14H2,1-5H3. The van der Waals surface area contributed by atoms with Gasteiger partial charge in [0.15, 0.2) is 0 Å². The highest BCUT2D eigenvalue weighted by Crippen LogP contribution is 2.13. The summed E-state index contributed by atoms with van der Waals surface area (Å²) in [5.41, 5.74) is 1.51. The van der Waals surface area contributed by atoms with Gasteiger partial charge in [0.25, 0.3) is 0 Å². The zero-order valence-electron chi connectivity index (χ0n) is 13.1. The molecule has 0 aliphatic heterocycles. The predicted molar refractivity (Wildman–Crippen MR) is 82.5 cm³/mol. The van der Waals surface area contributed by atoms with Crippen molar-refractivity contribution in [3.8, 4) is 0 Å². The van der Waals surface area contributed by atoms with Gasteiger partial charge in [-0.2, -0.15) is 0 Å². The fourth-order valence-corrected chi connectivity index (χ4v) is 1.94. The molecule has 2 nitrogen and oxygen atoms in total. The van der Waals surface area contributed by atoms with Crippen LogP contribution in [-0.2, 0) is 11.2 Å². The fourth-order valence-electron chi connectivity index (χ4n) is 1.94. The van der Waals surface area contributed by atoms with E-state index < -0.39 is 0 Å². The molecule has 0 radical (unpaired) electrons. The summed E-state index contributed by atoms with van der Waals surface area (Å²) >= 11 is 0. The van der Waals surface area contributed by atoms with Crippen LogP contribution in [0.4, 0.5) is 0 Å². The third kappa shape index (κ3) is 8.02. The molecule has 19 heavy (non-hydrogen) atoms. The lowest BCUT2D eigenvalue weighted by Crippen LogP contribution is -2.42. The molecule has 108 valence electrons. The van der Waals surface area contributed by atoms with E-state index in [1.807, 2.05) is 0 Å². The third-order valence-corrected chi connectivity index (χ3v) is 3.12. The molecule has 0 amide bonds. The largest absolute Gasteiger partial charge is 0.375 e. The third-order valence-electron chi connectivity index (χ3n) is 3.12. The van der Waals surface area contributed by atoms with E-state index in [2.05, 4.69) is 70.3 Å². The van der Waals surface area contributed by atoms with Crippen LogP contribution in [0.3, 0.4) is 0 Å². The Hall–Kier alpha value is -0.860. The highest BCUT2D eigenvalue weighted by molar-refractivity contribution is 5.15. The lowest BCUT2D eigenvalue weighted by atomic mass is 9.95. The van der Waals surface area contributed by atoms with E-state index in [1.54, 1.807) is 0 Å². The lowest BCUT2D eigenvalue weighted by Gasteiger charge is -2.28. The molecule has 0 aliphatic carbocycles. The fraction of sp³-hybridized carbons (Fsp3) is 0.647. The number of ether oxygens (including phenoxy) is 1. The van der Waals surface area contributed by atoms with Crippen LogP contribution in [0.25, 0.3) is 0 Å². The van der Waals surface area contributed by atoms with Crippen LogP contribution in [0.5, 0.6) is 0 Å². The Morgan fingerprint density at radius 2 is 1.63 bits per heavy atom. The smallest absolute Gasteiger partial charge is 0.0599 e. The van der Waals surface area contributed by atoms with Gasteiger partial charge in [0.05, 0.1) is 12.2 Å². The summed E-state index contributed by atoms with van der Waals surface area (Å²) in [4.78, 5) is 0. The zero-order valence-corrected chi connectivity index (χ0v) is 13.1. The maximum atomic E-state index is 5.73. The highest BCUT2D eigenvalue weighted by Gasteiger charge is 2.17. The number of benzene rings is 1. The Kier molecular flexibility index (Phi) is 6.02. The van der Waals surface area contributed by atoms with Crippen LogP contribution in [0, 0.1) is 0 Å². The second-order valence-corrected chi connectivity index (χ2v) is 6.76. The number of hydrogen-bond donors (Lipinski definition) is 1. The molecule has 0 heterocycles. The number of rotatable bonds is 7. The van der Waals surface area contributed by atoms with Crippen molar-refractivity contribution in [2.45, 2.75) is 58.6 Å². The first-order valence-electron chi connectivity index (χ1n) is 7.21. The molecule has 1 rings (SSSR count). The minimum atomic E-state index is -0.0458. The van der Waals surface area contributed by atoms with Crippen molar-refractivity contribution in [2.75, 3.05) is 13.2 Å². The van der Waals surface area contributed by atoms with Crippen LogP contribution in [0.1, 0.15) is 46.6 Å². The van der Waals surface area contributed by atoms with E-state index in [4.69, 9.17) is 4.74 Å². The van der Waals surface area contributed by atoms with Crippen molar-refractivity contribution < 1.29 is 4.74 Å². The average molecular weight is 263 g/mol. The number of hydrogen-bond acceptors (Lipinski definition) is 2. The first-order valence-corrected chi connectivity index (χ1v) is 7.21. The molecule has 0 aromatic heterocycles. The molecular weight excluding hydrogens is 234 g/mol. The van der Waals surface area contributed by atoms with E-state index in [-0.39, 0.29) is 11.1 Å². The molecule has 0 aliphatic rings. The van der Waals surface area contributed by atoms with Crippen molar-refractivity contribution in [2.24, 2.45) is 0 Å². The maximum Gasteiger partial charge on any atom is 0.0599 e. The minimum Gasteiger partial charge on any atom is -0.375 e. The van der Waals surface area contributed by atoms with Gasteiger partial charge in [-0.25, -0.2) is 0 Å². The summed E-state index contributed by atoms with van der Waals surface area (Å²) in [7, 11) is 0. The van der Waals surface area contributed by atoms with Crippen LogP contribution in [0.15, 0.2) is 30.3 Å². The maximum absolute atomic E-state index is 5.73. The van der Waals surface area contributed by atoms with E-state index in [1.165, 1.54) is 5.56 Å². The monoisotopic (exact) mass is 263 g/mol. The first kappa shape index (κ1) is 16.2. The SMILES string of the molecule is CC(C)(CCc1ccccc1)NCCOC(C)(C)C. The normalized spacial score (nSPS) is 12.7. The molecule has 0 saturated carbocycles. The molecule has 0 fully saturated rings. The van der Waals surface area contributed by atoms with Crippen molar-refractivity contribution in [3.63, 3.8) is 0 Å². The van der Waals surface area contributed by atoms with Gasteiger partial charge in [-0.1, -0.05) is 30.3 Å². The summed E-state index contributed by atoms with van der Waals surface area (Å²) in [5, 5.41) is 3.58. The van der Waals surface area contributed by atoms with Gasteiger partial charge in [0, 0.05) is 12.1 Å². The molecular formula is C17H29NO. The van der Waals surface area contributed by atoms with Gasteiger partial charge in [-0.3, -0.25) is 0 Å². The Bertz CT molecular complexity index is 351. The summed E-state index contributed by atoms with van der Waals surface area (Å²) in [5.74, 6) is 0. The molecule has 1 aromatic rings. The molecule has 0 atom stereocenters. The topological polar surface area (TPSA) is 21.3 Å². The minimum absolute atomic E-state index is 0.0458. The van der Waals surface area contributed by atoms with Crippen molar-refractivity contribution in [3.05, 3.63) is 35.9 Å². The average Bonchev–Trinajstić information content (AvgIpc) is 2.33. The van der Waals surface area contributed by atoms with Crippen LogP contribution < -0.4 is 5.32 Å². The Morgan fingerprint density at radius 3 is 2.21 bits per heavy atom. The van der Waals surface area contributed by atoms with Gasteiger partial charge in [0.2, 0.25) is 0 Å². The molecule has 0 saturated heterocycles. The van der Waals surface area contributed by atoms with E-state index >= 15 is 0 Å². The summed E-state index contributed by atoms with van der Waals surface area (Å²) < 4.78 is 5.73. The van der Waals surface area contributed by atoms with Gasteiger partial charge < -0.3 is 10.1 Å². The van der Waals surface area contributed by atoms with E-state index in [0.29, 0.717) is 0 Å². The van der Waals surface area contributed by atoms with Gasteiger partial charge in [-0.15, -0.1) is 0 Å². The van der Waals surface area contributed by atoms with Gasteiger partial charge >= 0.3 is 0 Å². The highest BCUT2D eigenvalue weighted by atomic mass is 16.5. The Morgan fingerprint density at radius 1 is 1.00 bits per heavy atom. The molecule has 0 unspecified atom stereocenters. The van der Waals surface area contributed by atoms with Gasteiger partial charge in [0.1, 0.15) is 0 Å². The van der Waals surface area contributed by atoms with Crippen molar-refractivity contribution in [1.82, 2.24) is 5.32 Å². The summed E-state index contributed by atoms with van der Waals surface area (Å²) in [6.45, 7) is 12.5. The second kappa shape index (κ2) is 7.06. The van der Waals surface area contributed by atoms with E-state index in [0.717, 1.165) is 26.0 Å².